The van der Waals surface area contributed by atoms with Crippen molar-refractivity contribution in [2.24, 2.45) is 0 Å². The lowest BCUT2D eigenvalue weighted by molar-refractivity contribution is -0.280. The van der Waals surface area contributed by atoms with Crippen LogP contribution >= 0.6 is 56.7 Å². The number of nitrogens with one attached hydrogen (secondary N) is 4. The van der Waals surface area contributed by atoms with Crippen molar-refractivity contribution in [1.29, 1.82) is 5.26 Å². The Labute approximate surface area is 541 Å². The van der Waals surface area contributed by atoms with Crippen molar-refractivity contribution < 1.29 is 77.7 Å². The number of nitriles is 1. The van der Waals surface area contributed by atoms with Gasteiger partial charge in [0.15, 0.2) is 23.8 Å². The smallest absolute Gasteiger partial charge is 0.358 e. The number of rotatable bonds is 6. The van der Waals surface area contributed by atoms with Crippen molar-refractivity contribution in [3.8, 4) is 44.5 Å². The molecule has 12 rings (SSSR count). The summed E-state index contributed by atoms with van der Waals surface area (Å²) in [6.07, 6.45) is -7.42. The zero-order valence-electron chi connectivity index (χ0n) is 49.5. The highest BCUT2D eigenvalue weighted by molar-refractivity contribution is 7.14. The van der Waals surface area contributed by atoms with Crippen molar-refractivity contribution in [3.05, 3.63) is 112 Å². The van der Waals surface area contributed by atoms with Crippen LogP contribution in [0.15, 0.2) is 56.9 Å². The molecule has 1 fully saturated rings. The highest BCUT2D eigenvalue weighted by Gasteiger charge is 2.50. The summed E-state index contributed by atoms with van der Waals surface area (Å²) in [4.78, 5) is 118. The number of aliphatic hydroxyl groups excluding tert-OH is 1. The fraction of sp³-hybridized carbons (Fsp3) is 0.362. The highest BCUT2D eigenvalue weighted by atomic mass is 32.1. The quantitative estimate of drug-likeness (QED) is 0.0614. The van der Waals surface area contributed by atoms with Gasteiger partial charge in [-0.05, 0) is 59.5 Å². The number of ether oxygens (including phenoxy) is 6. The number of carbonyl (C=O) groups is 6. The minimum atomic E-state index is -1.90. The Morgan fingerprint density at radius 3 is 2.24 bits per heavy atom. The molecule has 478 valence electrons. The SMILES string of the molecule is CO/C(C)=C1/NC(=O)[C@H]([C@@H](C)O)NC(=O)c2csc(n2)-c2cc(O)c(-c3nc(C#N)cs3)nc2-c2csc(n2)[C@@H]2COC(=O)c3c4c5c(cccc5n3O)COC(=O)[C@@H](O[C@H]3C[C@](C)(O)[C@H](N(C)C)[C@H](C)O3)[C@@H](OC4)[C@H](NC(=O)c3csc1n3)c1nc(cs1)C(=O)N2. The Bertz CT molecular complexity index is 4350. The monoisotopic (exact) mass is 1350 g/mol. The molecule has 29 nitrogen and oxygen atoms in total. The number of likely N-dealkylation sites (N-methyl/N-ethyl adjacent to an activating group) is 1. The van der Waals surface area contributed by atoms with E-state index in [9.17, 15) is 45.0 Å². The van der Waals surface area contributed by atoms with E-state index in [-0.39, 0.29) is 105 Å². The topological polar surface area (TPSA) is 396 Å². The summed E-state index contributed by atoms with van der Waals surface area (Å²) < 4.78 is 38.2. The lowest BCUT2D eigenvalue weighted by Crippen LogP contribution is -2.62. The van der Waals surface area contributed by atoms with Gasteiger partial charge >= 0.3 is 11.9 Å². The van der Waals surface area contributed by atoms with E-state index in [2.05, 4.69) is 36.2 Å². The fourth-order valence-corrected chi connectivity index (χ4v) is 15.5. The van der Waals surface area contributed by atoms with Gasteiger partial charge in [-0.25, -0.2) is 39.5 Å². The molecule has 34 heteroatoms. The van der Waals surface area contributed by atoms with Gasteiger partial charge in [0.25, 0.3) is 17.7 Å². The van der Waals surface area contributed by atoms with Crippen LogP contribution in [0, 0.1) is 11.3 Å². The summed E-state index contributed by atoms with van der Waals surface area (Å²) in [6, 6.07) is 2.84. The largest absolute Gasteiger partial charge is 0.506 e. The molecule has 4 aliphatic heterocycles. The van der Waals surface area contributed by atoms with Crippen LogP contribution < -0.4 is 21.3 Å². The molecule has 8 N–H and O–H groups in total. The number of hydrogen-bond acceptors (Lipinski definition) is 29. The number of esters is 2. The molecule has 0 saturated carbocycles. The molecule has 7 aromatic heterocycles. The summed E-state index contributed by atoms with van der Waals surface area (Å²) in [6.45, 7) is 4.38. The van der Waals surface area contributed by atoms with Crippen LogP contribution in [-0.4, -0.2) is 172 Å². The Kier molecular flexibility index (Phi) is 17.5. The molecule has 4 aliphatic rings. The van der Waals surface area contributed by atoms with E-state index >= 15 is 9.59 Å². The first-order valence-electron chi connectivity index (χ1n) is 28.1. The molecule has 0 unspecified atom stereocenters. The van der Waals surface area contributed by atoms with Crippen LogP contribution in [0.1, 0.15) is 120 Å². The summed E-state index contributed by atoms with van der Waals surface area (Å²) in [5, 5.41) is 75.1. The molecule has 12 bridgehead atoms. The molecule has 4 amide bonds. The number of allylic oxidation sites excluding steroid dienone is 1. The average molecular weight is 1350 g/mol. The van der Waals surface area contributed by atoms with Gasteiger partial charge in [-0.15, -0.1) is 56.7 Å². The van der Waals surface area contributed by atoms with Gasteiger partial charge < -0.3 is 75.1 Å². The highest BCUT2D eigenvalue weighted by Crippen LogP contribution is 2.43. The lowest BCUT2D eigenvalue weighted by atomic mass is 9.85. The first-order valence-corrected chi connectivity index (χ1v) is 32.5. The van der Waals surface area contributed by atoms with E-state index < -0.39 is 127 Å². The Balaban J connectivity index is 1.05. The standard InChI is InChI=1S/C58H55N13O16S5/c1-22(72)38-50(77)68-39(23(2)82-7)53-64-33(21-91-53)49(76)69-42-44-45(87-36-12-58(4,80)46(70(5)6)24(3)86-36)57(79)84-14-25-9-8-10-34-37(25)28(15-83-44)43(71(34)81)56(78)85-16-29(61-47(74)31-20-92-55(42)65-31)52-62-30(18-90-52)40-27(51-63-32(19-89-51)48(75)67-38)11-35(73)41(66-40)54-60-26(13-59)17-88-54/h8-11,17-22,24,29,36,38,42,44-46,72-73,80-81H,12,14-16H2,1-7H3,(H,61,74)(H,67,75)(H,68,77)(H,69,76)/b39-23+/t22-,24+,29+,36+,38+,42+,44+,45+,46-,58+/m1/s1. The van der Waals surface area contributed by atoms with Crippen molar-refractivity contribution in [2.75, 3.05) is 27.8 Å². The molecule has 10 atom stereocenters. The molecular formula is C58H55N13O16S5. The fourth-order valence-electron chi connectivity index (χ4n) is 11.4. The van der Waals surface area contributed by atoms with E-state index in [1.165, 1.54) is 54.6 Å². The minimum absolute atomic E-state index is 0.00169. The van der Waals surface area contributed by atoms with Crippen molar-refractivity contribution in [3.63, 3.8) is 0 Å². The van der Waals surface area contributed by atoms with Crippen LogP contribution in [0.4, 0.5) is 0 Å². The number of amides is 4. The molecule has 8 aromatic rings. The zero-order chi connectivity index (χ0) is 65.2. The van der Waals surface area contributed by atoms with E-state index in [1.807, 2.05) is 6.07 Å². The molecule has 0 radical (unpaired) electrons. The van der Waals surface area contributed by atoms with Gasteiger partial charge in [-0.3, -0.25) is 19.2 Å². The third kappa shape index (κ3) is 12.1. The Morgan fingerprint density at radius 1 is 0.848 bits per heavy atom. The number of benzene rings is 1. The Hall–Kier alpha value is -8.73. The van der Waals surface area contributed by atoms with Crippen molar-refractivity contribution >= 4 is 109 Å². The second-order valence-corrected chi connectivity index (χ2v) is 26.5. The number of carbonyl (C=O) groups excluding carboxylic acids is 6. The predicted molar refractivity (Wildman–Crippen MR) is 329 cm³/mol. The number of fused-ring (bicyclic) bond motifs is 15. The van der Waals surface area contributed by atoms with Gasteiger partial charge in [-0.2, -0.15) is 9.99 Å². The molecule has 1 aromatic carbocycles. The maximum atomic E-state index is 15.1. The number of aliphatic hydroxyl groups is 2. The summed E-state index contributed by atoms with van der Waals surface area (Å²) in [5.41, 5.74) is -2.01. The van der Waals surface area contributed by atoms with Crippen LogP contribution in [-0.2, 0) is 51.2 Å². The lowest BCUT2D eigenvalue weighted by Gasteiger charge is -2.48. The third-order valence-electron chi connectivity index (χ3n) is 15.6. The summed E-state index contributed by atoms with van der Waals surface area (Å²) in [5.74, 6) is -6.11. The molecular weight excluding hydrogens is 1300 g/mol. The van der Waals surface area contributed by atoms with E-state index in [0.29, 0.717) is 10.3 Å². The van der Waals surface area contributed by atoms with E-state index in [4.69, 9.17) is 43.4 Å². The summed E-state index contributed by atoms with van der Waals surface area (Å²) in [7, 11) is 4.87. The number of nitrogens with zero attached hydrogens (tertiary/aromatic N) is 9. The third-order valence-corrected chi connectivity index (χ3v) is 20.1. The predicted octanol–water partition coefficient (Wildman–Crippen LogP) is 5.03. The molecule has 0 spiro atoms. The number of thiazole rings is 5. The summed E-state index contributed by atoms with van der Waals surface area (Å²) >= 11 is 4.74. The molecule has 11 heterocycles. The van der Waals surface area contributed by atoms with Gasteiger partial charge in [0.2, 0.25) is 5.91 Å². The van der Waals surface area contributed by atoms with Crippen molar-refractivity contribution in [2.45, 2.75) is 108 Å². The van der Waals surface area contributed by atoms with Gasteiger partial charge in [0.05, 0.1) is 43.1 Å². The maximum absolute atomic E-state index is 15.1. The zero-order valence-corrected chi connectivity index (χ0v) is 53.6. The van der Waals surface area contributed by atoms with E-state index in [0.717, 1.165) is 56.7 Å². The number of aromatic hydroxyl groups is 1. The van der Waals surface area contributed by atoms with Gasteiger partial charge in [0, 0.05) is 49.8 Å². The number of pyridine rings is 1. The number of cyclic esters (lactones) is 2. The average Bonchev–Trinajstić information content (AvgIpc) is 1.56. The first kappa shape index (κ1) is 63.4. The minimum Gasteiger partial charge on any atom is -0.506 e. The number of aromatic nitrogens is 7. The van der Waals surface area contributed by atoms with Crippen LogP contribution in [0.5, 0.6) is 5.75 Å². The second-order valence-electron chi connectivity index (χ2n) is 22.1. The van der Waals surface area contributed by atoms with Crippen molar-refractivity contribution in [1.82, 2.24) is 60.8 Å². The van der Waals surface area contributed by atoms with Crippen LogP contribution in [0.3, 0.4) is 0 Å². The molecule has 92 heavy (non-hydrogen) atoms. The molecule has 0 aliphatic carbocycles. The van der Waals surface area contributed by atoms with E-state index in [1.54, 1.807) is 50.4 Å². The first-order chi connectivity index (χ1) is 44.0. The van der Waals surface area contributed by atoms with Gasteiger partial charge in [-0.1, -0.05) is 12.1 Å². The normalized spacial score (nSPS) is 24.9. The number of methoxy groups -OCH3 is 1. The second kappa shape index (κ2) is 25.4. The van der Waals surface area contributed by atoms with Crippen LogP contribution in [0.2, 0.25) is 0 Å². The molecule has 1 saturated heterocycles. The van der Waals surface area contributed by atoms with Gasteiger partial charge in [0.1, 0.15) is 120 Å². The number of hydrogen-bond donors (Lipinski definition) is 8. The Morgan fingerprint density at radius 2 is 1.52 bits per heavy atom. The maximum Gasteiger partial charge on any atom is 0.358 e. The van der Waals surface area contributed by atoms with Crippen LogP contribution in [0.25, 0.3) is 49.3 Å².